The first-order valence-corrected chi connectivity index (χ1v) is 6.42. The van der Waals surface area contributed by atoms with Crippen molar-refractivity contribution in [3.8, 4) is 0 Å². The molecule has 0 saturated carbocycles. The average molecular weight is 269 g/mol. The highest BCUT2D eigenvalue weighted by Gasteiger charge is 2.17. The van der Waals surface area contributed by atoms with E-state index in [2.05, 4.69) is 17.3 Å². The first-order chi connectivity index (χ1) is 8.56. The minimum atomic E-state index is -0.993. The number of carbonyl (C=O) groups is 1. The molecule has 4 nitrogen and oxygen atoms in total. The predicted molar refractivity (Wildman–Crippen MR) is 72.6 cm³/mol. The normalized spacial score (nSPS) is 17.7. The molecule has 2 N–H and O–H groups in total. The Hall–Kier alpha value is -1.26. The Balaban J connectivity index is 2.05. The summed E-state index contributed by atoms with van der Waals surface area (Å²) in [7, 11) is 2.11. The van der Waals surface area contributed by atoms with Crippen molar-refractivity contribution in [2.45, 2.75) is 18.9 Å². The summed E-state index contributed by atoms with van der Waals surface area (Å²) in [5.41, 5.74) is 0.973. The zero-order chi connectivity index (χ0) is 13.1. The number of aromatic carboxylic acids is 1. The molecule has 0 spiro atoms. The topological polar surface area (TPSA) is 52.6 Å². The number of hydrogen-bond acceptors (Lipinski definition) is 3. The molecule has 18 heavy (non-hydrogen) atoms. The quantitative estimate of drug-likeness (QED) is 0.885. The summed E-state index contributed by atoms with van der Waals surface area (Å²) in [4.78, 5) is 13.3. The Labute approximate surface area is 112 Å². The zero-order valence-corrected chi connectivity index (χ0v) is 11.1. The van der Waals surface area contributed by atoms with Crippen LogP contribution in [-0.4, -0.2) is 42.2 Å². The Morgan fingerprint density at radius 3 is 2.72 bits per heavy atom. The Morgan fingerprint density at radius 2 is 2.11 bits per heavy atom. The number of carboxylic acid groups (broad SMARTS) is 1. The first-order valence-electron chi connectivity index (χ1n) is 6.04. The van der Waals surface area contributed by atoms with Crippen molar-refractivity contribution in [2.24, 2.45) is 0 Å². The van der Waals surface area contributed by atoms with Gasteiger partial charge in [-0.15, -0.1) is 0 Å². The fourth-order valence-electron chi connectivity index (χ4n) is 2.17. The molecule has 0 aliphatic carbocycles. The van der Waals surface area contributed by atoms with Crippen molar-refractivity contribution in [3.05, 3.63) is 28.8 Å². The van der Waals surface area contributed by atoms with E-state index < -0.39 is 5.97 Å². The van der Waals surface area contributed by atoms with Gasteiger partial charge in [-0.2, -0.15) is 0 Å². The molecule has 0 amide bonds. The van der Waals surface area contributed by atoms with Crippen molar-refractivity contribution >= 4 is 23.3 Å². The molecule has 2 rings (SSSR count). The van der Waals surface area contributed by atoms with E-state index in [-0.39, 0.29) is 10.6 Å². The summed E-state index contributed by atoms with van der Waals surface area (Å²) in [5, 5.41) is 12.7. The molecule has 5 heteroatoms. The summed E-state index contributed by atoms with van der Waals surface area (Å²) in [5.74, 6) is -0.993. The lowest BCUT2D eigenvalue weighted by atomic mass is 10.0. The van der Waals surface area contributed by atoms with E-state index in [0.29, 0.717) is 6.04 Å². The minimum Gasteiger partial charge on any atom is -0.478 e. The van der Waals surface area contributed by atoms with Gasteiger partial charge in [0.25, 0.3) is 0 Å². The maximum atomic E-state index is 11.0. The molecule has 1 saturated heterocycles. The lowest BCUT2D eigenvalue weighted by molar-refractivity contribution is 0.0697. The lowest BCUT2D eigenvalue weighted by Gasteiger charge is -2.30. The van der Waals surface area contributed by atoms with Crippen molar-refractivity contribution in [1.29, 1.82) is 0 Å². The molecular formula is C13H17ClN2O2. The maximum Gasteiger partial charge on any atom is 0.337 e. The van der Waals surface area contributed by atoms with Gasteiger partial charge in [0.15, 0.2) is 0 Å². The number of nitrogens with one attached hydrogen (secondary N) is 1. The number of nitrogens with zero attached hydrogens (tertiary/aromatic N) is 1. The number of likely N-dealkylation sites (tertiary alicyclic amines) is 1. The van der Waals surface area contributed by atoms with Crippen molar-refractivity contribution in [3.63, 3.8) is 0 Å². The third-order valence-electron chi connectivity index (χ3n) is 3.29. The van der Waals surface area contributed by atoms with Gasteiger partial charge >= 0.3 is 5.97 Å². The molecule has 0 bridgehead atoms. The molecular weight excluding hydrogens is 252 g/mol. The number of benzene rings is 1. The highest BCUT2D eigenvalue weighted by molar-refractivity contribution is 6.33. The van der Waals surface area contributed by atoms with E-state index in [1.54, 1.807) is 12.1 Å². The smallest absolute Gasteiger partial charge is 0.337 e. The summed E-state index contributed by atoms with van der Waals surface area (Å²) >= 11 is 5.84. The number of hydrogen-bond donors (Lipinski definition) is 2. The lowest BCUT2D eigenvalue weighted by Crippen LogP contribution is -2.36. The van der Waals surface area contributed by atoms with Crippen LogP contribution in [0.3, 0.4) is 0 Å². The Morgan fingerprint density at radius 1 is 1.44 bits per heavy atom. The molecule has 98 valence electrons. The van der Waals surface area contributed by atoms with Crippen LogP contribution in [0.4, 0.5) is 5.69 Å². The summed E-state index contributed by atoms with van der Waals surface area (Å²) < 4.78 is 0. The van der Waals surface area contributed by atoms with Gasteiger partial charge in [-0.3, -0.25) is 0 Å². The summed E-state index contributed by atoms with van der Waals surface area (Å²) in [6.45, 7) is 2.13. The molecule has 1 aliphatic heterocycles. The van der Waals surface area contributed by atoms with E-state index in [1.165, 1.54) is 0 Å². The van der Waals surface area contributed by atoms with Gasteiger partial charge in [0.05, 0.1) is 10.6 Å². The fourth-order valence-corrected chi connectivity index (χ4v) is 2.37. The third kappa shape index (κ3) is 3.15. The van der Waals surface area contributed by atoms with Gasteiger partial charge in [0.1, 0.15) is 0 Å². The van der Waals surface area contributed by atoms with Gasteiger partial charge in [0, 0.05) is 11.7 Å². The van der Waals surface area contributed by atoms with Crippen LogP contribution in [0.1, 0.15) is 23.2 Å². The fraction of sp³-hybridized carbons (Fsp3) is 0.462. The number of piperidine rings is 1. The molecule has 1 heterocycles. The number of rotatable bonds is 3. The predicted octanol–water partition coefficient (Wildman–Crippen LogP) is 2.54. The molecule has 1 aliphatic rings. The van der Waals surface area contributed by atoms with Crippen LogP contribution in [0.5, 0.6) is 0 Å². The number of anilines is 1. The van der Waals surface area contributed by atoms with Crippen LogP contribution in [-0.2, 0) is 0 Å². The molecule has 1 aromatic rings. The SMILES string of the molecule is CN1CCC(Nc2ccc(Cl)c(C(=O)O)c2)CC1. The minimum absolute atomic E-state index is 0.148. The summed E-state index contributed by atoms with van der Waals surface area (Å²) in [6, 6.07) is 5.46. The first kappa shape index (κ1) is 13.2. The molecule has 1 aromatic carbocycles. The second kappa shape index (κ2) is 5.59. The molecule has 1 fully saturated rings. The average Bonchev–Trinajstić information content (AvgIpc) is 2.34. The number of carboxylic acids is 1. The number of halogens is 1. The van der Waals surface area contributed by atoms with E-state index >= 15 is 0 Å². The van der Waals surface area contributed by atoms with Crippen molar-refractivity contribution in [1.82, 2.24) is 4.90 Å². The molecule has 0 unspecified atom stereocenters. The van der Waals surface area contributed by atoms with Gasteiger partial charge in [0.2, 0.25) is 0 Å². The van der Waals surface area contributed by atoms with Crippen LogP contribution in [0.2, 0.25) is 5.02 Å². The zero-order valence-electron chi connectivity index (χ0n) is 10.3. The van der Waals surface area contributed by atoms with E-state index in [1.807, 2.05) is 6.07 Å². The van der Waals surface area contributed by atoms with Crippen molar-refractivity contribution < 1.29 is 9.90 Å². The van der Waals surface area contributed by atoms with Crippen molar-refractivity contribution in [2.75, 3.05) is 25.5 Å². The van der Waals surface area contributed by atoms with E-state index in [4.69, 9.17) is 16.7 Å². The van der Waals surface area contributed by atoms with Crippen LogP contribution in [0.15, 0.2) is 18.2 Å². The van der Waals surface area contributed by atoms with Gasteiger partial charge in [-0.1, -0.05) is 11.6 Å². The van der Waals surface area contributed by atoms with Crippen LogP contribution in [0.25, 0.3) is 0 Å². The molecule has 0 radical (unpaired) electrons. The summed E-state index contributed by atoms with van der Waals surface area (Å²) in [6.07, 6.45) is 2.14. The highest BCUT2D eigenvalue weighted by Crippen LogP contribution is 2.22. The maximum absolute atomic E-state index is 11.0. The van der Waals surface area contributed by atoms with Gasteiger partial charge in [-0.05, 0) is 51.2 Å². The molecule has 0 atom stereocenters. The van der Waals surface area contributed by atoms with Gasteiger partial charge in [-0.25, -0.2) is 4.79 Å². The standard InChI is InChI=1S/C13H17ClN2O2/c1-16-6-4-9(5-7-16)15-10-2-3-12(14)11(8-10)13(17)18/h2-3,8-9,15H,4-7H2,1H3,(H,17,18). The monoisotopic (exact) mass is 268 g/mol. The molecule has 0 aromatic heterocycles. The Bertz CT molecular complexity index is 443. The van der Waals surface area contributed by atoms with Crippen LogP contribution >= 0.6 is 11.6 Å². The van der Waals surface area contributed by atoms with E-state index in [9.17, 15) is 4.79 Å². The highest BCUT2D eigenvalue weighted by atomic mass is 35.5. The van der Waals surface area contributed by atoms with Crippen LogP contribution < -0.4 is 5.32 Å². The second-order valence-corrected chi connectivity index (χ2v) is 5.13. The Kier molecular flexibility index (Phi) is 4.09. The third-order valence-corrected chi connectivity index (χ3v) is 3.62. The largest absolute Gasteiger partial charge is 0.478 e. The van der Waals surface area contributed by atoms with Crippen LogP contribution in [0, 0.1) is 0 Å². The second-order valence-electron chi connectivity index (χ2n) is 4.72. The van der Waals surface area contributed by atoms with E-state index in [0.717, 1.165) is 31.6 Å². The van der Waals surface area contributed by atoms with Gasteiger partial charge < -0.3 is 15.3 Å².